The Balaban J connectivity index is 2.04. The van der Waals surface area contributed by atoms with Gasteiger partial charge in [0.05, 0.1) is 0 Å². The van der Waals surface area contributed by atoms with E-state index in [-0.39, 0.29) is 0 Å². The van der Waals surface area contributed by atoms with E-state index in [9.17, 15) is 0 Å². The van der Waals surface area contributed by atoms with Crippen molar-refractivity contribution in [1.82, 2.24) is 0 Å². The van der Waals surface area contributed by atoms with Crippen LogP contribution in [0.15, 0.2) is 48.5 Å². The molecule has 2 aromatic carbocycles. The van der Waals surface area contributed by atoms with Crippen LogP contribution >= 0.6 is 11.6 Å². The summed E-state index contributed by atoms with van der Waals surface area (Å²) in [5.41, 5.74) is 5.24. The zero-order valence-electron chi connectivity index (χ0n) is 12.3. The topological polar surface area (TPSA) is 3.24 Å². The highest BCUT2D eigenvalue weighted by molar-refractivity contribution is 6.18. The van der Waals surface area contributed by atoms with Gasteiger partial charge in [-0.2, -0.15) is 0 Å². The quantitative estimate of drug-likeness (QED) is 0.702. The van der Waals surface area contributed by atoms with E-state index in [2.05, 4.69) is 67.3 Å². The van der Waals surface area contributed by atoms with Crippen LogP contribution in [-0.4, -0.2) is 19.0 Å². The Morgan fingerprint density at radius 2 is 1.65 bits per heavy atom. The second kappa shape index (κ2) is 7.35. The number of hydrogen-bond acceptors (Lipinski definition) is 1. The summed E-state index contributed by atoms with van der Waals surface area (Å²) in [5, 5.41) is 0. The molecule has 0 radical (unpaired) electrons. The number of aryl methyl sites for hydroxylation is 2. The fraction of sp³-hybridized carbons (Fsp3) is 0.333. The first-order valence-corrected chi connectivity index (χ1v) is 7.65. The molecule has 0 aliphatic rings. The summed E-state index contributed by atoms with van der Waals surface area (Å²) in [6.07, 6.45) is 1.05. The van der Waals surface area contributed by atoms with Crippen LogP contribution < -0.4 is 4.90 Å². The van der Waals surface area contributed by atoms with Crippen molar-refractivity contribution < 1.29 is 0 Å². The summed E-state index contributed by atoms with van der Waals surface area (Å²) >= 11 is 5.95. The summed E-state index contributed by atoms with van der Waals surface area (Å²) < 4.78 is 0. The molecule has 0 atom stereocenters. The van der Waals surface area contributed by atoms with Gasteiger partial charge in [0.2, 0.25) is 0 Å². The normalized spacial score (nSPS) is 10.6. The fourth-order valence-electron chi connectivity index (χ4n) is 2.32. The van der Waals surface area contributed by atoms with Gasteiger partial charge in [0.1, 0.15) is 0 Å². The molecule has 20 heavy (non-hydrogen) atoms. The van der Waals surface area contributed by atoms with Crippen molar-refractivity contribution in [3.8, 4) is 0 Å². The van der Waals surface area contributed by atoms with Gasteiger partial charge in [0.15, 0.2) is 0 Å². The van der Waals surface area contributed by atoms with Gasteiger partial charge in [-0.25, -0.2) is 0 Å². The van der Waals surface area contributed by atoms with Gasteiger partial charge in [-0.3, -0.25) is 0 Å². The lowest BCUT2D eigenvalue weighted by Crippen LogP contribution is -2.27. The Morgan fingerprint density at radius 1 is 0.900 bits per heavy atom. The third-order valence-corrected chi connectivity index (χ3v) is 3.68. The highest BCUT2D eigenvalue weighted by Gasteiger charge is 2.06. The molecule has 2 rings (SSSR count). The molecular weight excluding hydrogens is 266 g/mol. The first kappa shape index (κ1) is 14.9. The Hall–Kier alpha value is -1.47. The molecule has 0 heterocycles. The summed E-state index contributed by atoms with van der Waals surface area (Å²) in [5.74, 6) is 0.655. The van der Waals surface area contributed by atoms with Crippen molar-refractivity contribution in [1.29, 1.82) is 0 Å². The lowest BCUT2D eigenvalue weighted by atomic mass is 10.1. The average Bonchev–Trinajstić information content (AvgIpc) is 2.45. The lowest BCUT2D eigenvalue weighted by molar-refractivity contribution is 0.811. The van der Waals surface area contributed by atoms with E-state index in [0.29, 0.717) is 5.88 Å². The zero-order chi connectivity index (χ0) is 14.4. The van der Waals surface area contributed by atoms with Crippen LogP contribution in [0.5, 0.6) is 0 Å². The molecule has 2 aromatic rings. The molecule has 0 aromatic heterocycles. The summed E-state index contributed by atoms with van der Waals surface area (Å²) in [7, 11) is 0. The summed E-state index contributed by atoms with van der Waals surface area (Å²) in [6.45, 7) is 6.13. The zero-order valence-corrected chi connectivity index (χ0v) is 13.0. The van der Waals surface area contributed by atoms with Crippen molar-refractivity contribution in [2.24, 2.45) is 0 Å². The van der Waals surface area contributed by atoms with Gasteiger partial charge >= 0.3 is 0 Å². The number of alkyl halides is 1. The van der Waals surface area contributed by atoms with Gasteiger partial charge < -0.3 is 4.90 Å². The molecule has 0 spiro atoms. The second-order valence-corrected chi connectivity index (χ2v) is 5.63. The van der Waals surface area contributed by atoms with Crippen LogP contribution in [0, 0.1) is 13.8 Å². The minimum Gasteiger partial charge on any atom is -0.370 e. The number of halogens is 1. The maximum Gasteiger partial charge on any atom is 0.0399 e. The molecule has 0 bridgehead atoms. The molecule has 1 nitrogen and oxygen atoms in total. The van der Waals surface area contributed by atoms with Gasteiger partial charge in [-0.1, -0.05) is 42.0 Å². The van der Waals surface area contributed by atoms with E-state index in [1.165, 1.54) is 22.4 Å². The monoisotopic (exact) mass is 287 g/mol. The Labute approximate surface area is 127 Å². The first-order valence-electron chi connectivity index (χ1n) is 7.12. The second-order valence-electron chi connectivity index (χ2n) is 5.25. The largest absolute Gasteiger partial charge is 0.370 e. The van der Waals surface area contributed by atoms with Crippen molar-refractivity contribution in [3.63, 3.8) is 0 Å². The minimum atomic E-state index is 0.655. The maximum absolute atomic E-state index is 5.95. The van der Waals surface area contributed by atoms with E-state index in [1.807, 2.05) is 0 Å². The highest BCUT2D eigenvalue weighted by Crippen LogP contribution is 2.17. The predicted molar refractivity (Wildman–Crippen MR) is 89.0 cm³/mol. The van der Waals surface area contributed by atoms with Gasteiger partial charge in [-0.05, 0) is 43.5 Å². The molecule has 0 N–H and O–H groups in total. The molecule has 106 valence electrons. The number of benzene rings is 2. The van der Waals surface area contributed by atoms with Gasteiger partial charge in [0, 0.05) is 24.7 Å². The Morgan fingerprint density at radius 3 is 2.30 bits per heavy atom. The molecule has 0 aliphatic carbocycles. The van der Waals surface area contributed by atoms with Crippen molar-refractivity contribution in [3.05, 3.63) is 65.2 Å². The summed E-state index contributed by atoms with van der Waals surface area (Å²) in [4.78, 5) is 2.36. The van der Waals surface area contributed by atoms with Crippen LogP contribution in [0.1, 0.15) is 16.7 Å². The smallest absolute Gasteiger partial charge is 0.0399 e. The number of hydrogen-bond donors (Lipinski definition) is 0. The number of nitrogens with zero attached hydrogens (tertiary/aromatic N) is 1. The fourth-order valence-corrected chi connectivity index (χ4v) is 2.52. The molecule has 0 fully saturated rings. The molecule has 2 heteroatoms. The Kier molecular flexibility index (Phi) is 5.49. The number of anilines is 1. The first-order chi connectivity index (χ1) is 9.69. The molecule has 0 aliphatic heterocycles. The van der Waals surface area contributed by atoms with Crippen LogP contribution in [0.25, 0.3) is 0 Å². The SMILES string of the molecule is Cc1ccc(CCN(CCCl)c2cccc(C)c2)cc1. The predicted octanol–water partition coefficient (Wildman–Crippen LogP) is 4.59. The average molecular weight is 288 g/mol. The third kappa shape index (κ3) is 4.28. The summed E-state index contributed by atoms with van der Waals surface area (Å²) in [6, 6.07) is 17.4. The van der Waals surface area contributed by atoms with E-state index in [1.54, 1.807) is 0 Å². The van der Waals surface area contributed by atoms with Gasteiger partial charge in [-0.15, -0.1) is 11.6 Å². The maximum atomic E-state index is 5.95. The lowest BCUT2D eigenvalue weighted by Gasteiger charge is -2.24. The molecular formula is C18H22ClN. The molecule has 0 unspecified atom stereocenters. The van der Waals surface area contributed by atoms with E-state index >= 15 is 0 Å². The van der Waals surface area contributed by atoms with Crippen molar-refractivity contribution in [2.75, 3.05) is 23.9 Å². The van der Waals surface area contributed by atoms with Gasteiger partial charge in [0.25, 0.3) is 0 Å². The Bertz CT molecular complexity index is 533. The minimum absolute atomic E-state index is 0.655. The van der Waals surface area contributed by atoms with Crippen molar-refractivity contribution >= 4 is 17.3 Å². The van der Waals surface area contributed by atoms with E-state index in [0.717, 1.165) is 19.5 Å². The molecule has 0 saturated heterocycles. The van der Waals surface area contributed by atoms with Crippen LogP contribution in [0.4, 0.5) is 5.69 Å². The van der Waals surface area contributed by atoms with Crippen LogP contribution in [0.2, 0.25) is 0 Å². The van der Waals surface area contributed by atoms with Crippen molar-refractivity contribution in [2.45, 2.75) is 20.3 Å². The molecule has 0 saturated carbocycles. The van der Waals surface area contributed by atoms with Crippen LogP contribution in [-0.2, 0) is 6.42 Å². The third-order valence-electron chi connectivity index (χ3n) is 3.51. The van der Waals surface area contributed by atoms with Crippen LogP contribution in [0.3, 0.4) is 0 Å². The highest BCUT2D eigenvalue weighted by atomic mass is 35.5. The molecule has 0 amide bonds. The standard InChI is InChI=1S/C18H22ClN/c1-15-6-8-17(9-7-15)10-12-20(13-11-19)18-5-3-4-16(2)14-18/h3-9,14H,10-13H2,1-2H3. The number of rotatable bonds is 6. The van der Waals surface area contributed by atoms with E-state index in [4.69, 9.17) is 11.6 Å². The van der Waals surface area contributed by atoms with E-state index < -0.39 is 0 Å².